The first-order valence-electron chi connectivity index (χ1n) is 11.8. The van der Waals surface area contributed by atoms with Crippen LogP contribution in [-0.2, 0) is 19.1 Å². The van der Waals surface area contributed by atoms with Gasteiger partial charge in [0, 0.05) is 6.42 Å². The minimum Gasteiger partial charge on any atom is -0.459 e. The maximum atomic E-state index is 11.8. The Labute approximate surface area is 182 Å². The molecular formula is C23H44O7. The van der Waals surface area contributed by atoms with Crippen molar-refractivity contribution >= 4 is 11.9 Å². The molecule has 30 heavy (non-hydrogen) atoms. The predicted molar refractivity (Wildman–Crippen MR) is 116 cm³/mol. The van der Waals surface area contributed by atoms with Crippen molar-refractivity contribution in [2.75, 3.05) is 13.4 Å². The lowest BCUT2D eigenvalue weighted by molar-refractivity contribution is -0.161. The van der Waals surface area contributed by atoms with Gasteiger partial charge < -0.3 is 24.8 Å². The van der Waals surface area contributed by atoms with Crippen LogP contribution >= 0.6 is 0 Å². The minimum absolute atomic E-state index is 0.132. The Kier molecular flexibility index (Phi) is 20.2. The highest BCUT2D eigenvalue weighted by Gasteiger charge is 2.18. The van der Waals surface area contributed by atoms with Crippen LogP contribution in [0.1, 0.15) is 110 Å². The highest BCUT2D eigenvalue weighted by molar-refractivity contribution is 5.72. The lowest BCUT2D eigenvalue weighted by Crippen LogP contribution is -2.26. The quantitative estimate of drug-likeness (QED) is 0.143. The van der Waals surface area contributed by atoms with Crippen molar-refractivity contribution in [2.45, 2.75) is 122 Å². The van der Waals surface area contributed by atoms with E-state index < -0.39 is 31.4 Å². The largest absolute Gasteiger partial charge is 0.459 e. The topological polar surface area (TPSA) is 113 Å². The molecule has 2 unspecified atom stereocenters. The second kappa shape index (κ2) is 21.1. The molecule has 0 bridgehead atoms. The van der Waals surface area contributed by atoms with Gasteiger partial charge in [0.1, 0.15) is 6.10 Å². The average molecular weight is 433 g/mol. The number of unbranched alkanes of at least 4 members (excludes halogenated alkanes) is 10. The van der Waals surface area contributed by atoms with E-state index in [2.05, 4.69) is 11.7 Å². The Bertz CT molecular complexity index is 414. The molecule has 0 saturated carbocycles. The molecule has 2 atom stereocenters. The van der Waals surface area contributed by atoms with Crippen molar-refractivity contribution in [2.24, 2.45) is 0 Å². The van der Waals surface area contributed by atoms with E-state index in [0.717, 1.165) is 51.4 Å². The number of esters is 2. The second-order valence-electron chi connectivity index (χ2n) is 8.01. The minimum atomic E-state index is -0.925. The number of carbonyl (C=O) groups excluding carboxylic acids is 2. The van der Waals surface area contributed by atoms with Crippen molar-refractivity contribution in [3.8, 4) is 0 Å². The number of rotatable bonds is 21. The molecular weight excluding hydrogens is 388 g/mol. The Hall–Kier alpha value is -1.18. The third-order valence-corrected chi connectivity index (χ3v) is 5.18. The van der Waals surface area contributed by atoms with Crippen LogP contribution in [0.3, 0.4) is 0 Å². The SMILES string of the molecule is CCCCCCC(O)CCCCCCCCCCC(=O)OC(CO)CC(=O)OCO. The summed E-state index contributed by atoms with van der Waals surface area (Å²) in [4.78, 5) is 23.0. The van der Waals surface area contributed by atoms with Crippen LogP contribution < -0.4 is 0 Å². The molecule has 0 fully saturated rings. The predicted octanol–water partition coefficient (Wildman–Crippen LogP) is 4.01. The monoisotopic (exact) mass is 432 g/mol. The maximum absolute atomic E-state index is 11.8. The summed E-state index contributed by atoms with van der Waals surface area (Å²) in [5.41, 5.74) is 0. The molecule has 0 aliphatic carbocycles. The Morgan fingerprint density at radius 2 is 1.30 bits per heavy atom. The highest BCUT2D eigenvalue weighted by atomic mass is 16.6. The summed E-state index contributed by atoms with van der Waals surface area (Å²) in [6.45, 7) is 1.01. The molecule has 0 aromatic rings. The Balaban J connectivity index is 3.49. The molecule has 3 N–H and O–H groups in total. The van der Waals surface area contributed by atoms with Crippen molar-refractivity contribution in [3.63, 3.8) is 0 Å². The summed E-state index contributed by atoms with van der Waals surface area (Å²) in [6.07, 6.45) is 14.2. The molecule has 7 heteroatoms. The van der Waals surface area contributed by atoms with E-state index in [1.807, 2.05) is 0 Å². The lowest BCUT2D eigenvalue weighted by atomic mass is 10.0. The average Bonchev–Trinajstić information content (AvgIpc) is 2.72. The van der Waals surface area contributed by atoms with Crippen molar-refractivity contribution in [3.05, 3.63) is 0 Å². The highest BCUT2D eigenvalue weighted by Crippen LogP contribution is 2.14. The molecule has 0 amide bonds. The molecule has 0 aromatic heterocycles. The molecule has 0 saturated heterocycles. The van der Waals surface area contributed by atoms with Crippen LogP contribution in [-0.4, -0.2) is 52.9 Å². The van der Waals surface area contributed by atoms with Crippen LogP contribution in [0.5, 0.6) is 0 Å². The lowest BCUT2D eigenvalue weighted by Gasteiger charge is -2.14. The van der Waals surface area contributed by atoms with Gasteiger partial charge in [-0.1, -0.05) is 77.6 Å². The third-order valence-electron chi connectivity index (χ3n) is 5.18. The number of carbonyl (C=O) groups is 2. The van der Waals surface area contributed by atoms with Gasteiger partial charge in [-0.3, -0.25) is 9.59 Å². The summed E-state index contributed by atoms with van der Waals surface area (Å²) >= 11 is 0. The van der Waals surface area contributed by atoms with E-state index in [1.165, 1.54) is 38.5 Å². The first-order chi connectivity index (χ1) is 14.5. The fourth-order valence-corrected chi connectivity index (χ4v) is 3.37. The fraction of sp³-hybridized carbons (Fsp3) is 0.913. The van der Waals surface area contributed by atoms with E-state index >= 15 is 0 Å². The van der Waals surface area contributed by atoms with Gasteiger partial charge in [0.2, 0.25) is 0 Å². The first kappa shape index (κ1) is 28.8. The van der Waals surface area contributed by atoms with Gasteiger partial charge in [-0.25, -0.2) is 0 Å². The van der Waals surface area contributed by atoms with Gasteiger partial charge in [0.05, 0.1) is 19.1 Å². The van der Waals surface area contributed by atoms with Crippen molar-refractivity contribution in [1.29, 1.82) is 0 Å². The van der Waals surface area contributed by atoms with Crippen LogP contribution in [0.4, 0.5) is 0 Å². The van der Waals surface area contributed by atoms with Crippen molar-refractivity contribution in [1.82, 2.24) is 0 Å². The van der Waals surface area contributed by atoms with Gasteiger partial charge in [0.15, 0.2) is 6.79 Å². The second-order valence-corrected chi connectivity index (χ2v) is 8.01. The van der Waals surface area contributed by atoms with Crippen LogP contribution in [0, 0.1) is 0 Å². The number of hydrogen-bond acceptors (Lipinski definition) is 7. The van der Waals surface area contributed by atoms with E-state index in [9.17, 15) is 14.7 Å². The standard InChI is InChI=1S/C23H44O7/c1-2-3-4-11-14-20(26)15-12-9-7-5-6-8-10-13-16-22(27)30-21(18-24)17-23(28)29-19-25/h20-21,24-26H,2-19H2,1H3. The van der Waals surface area contributed by atoms with Gasteiger partial charge in [-0.2, -0.15) is 0 Å². The molecule has 178 valence electrons. The number of aliphatic hydroxyl groups excluding tert-OH is 3. The number of aliphatic hydroxyl groups is 3. The Morgan fingerprint density at radius 1 is 0.767 bits per heavy atom. The molecule has 0 heterocycles. The first-order valence-corrected chi connectivity index (χ1v) is 11.8. The molecule has 0 spiro atoms. The third kappa shape index (κ3) is 18.8. The van der Waals surface area contributed by atoms with E-state index in [4.69, 9.17) is 14.9 Å². The summed E-state index contributed by atoms with van der Waals surface area (Å²) in [5, 5.41) is 27.6. The van der Waals surface area contributed by atoms with Gasteiger partial charge in [-0.15, -0.1) is 0 Å². The smallest absolute Gasteiger partial charge is 0.311 e. The van der Waals surface area contributed by atoms with Gasteiger partial charge in [0.25, 0.3) is 0 Å². The molecule has 0 aromatic carbocycles. The van der Waals surface area contributed by atoms with Gasteiger partial charge >= 0.3 is 11.9 Å². The molecule has 0 aliphatic rings. The van der Waals surface area contributed by atoms with E-state index in [-0.39, 0.29) is 18.9 Å². The van der Waals surface area contributed by atoms with Crippen molar-refractivity contribution < 1.29 is 34.4 Å². The fourth-order valence-electron chi connectivity index (χ4n) is 3.37. The summed E-state index contributed by atoms with van der Waals surface area (Å²) in [6, 6.07) is 0. The maximum Gasteiger partial charge on any atom is 0.311 e. The molecule has 0 radical (unpaired) electrons. The molecule has 0 rings (SSSR count). The summed E-state index contributed by atoms with van der Waals surface area (Å²) in [5.74, 6) is -1.15. The zero-order valence-corrected chi connectivity index (χ0v) is 18.9. The van der Waals surface area contributed by atoms with Gasteiger partial charge in [-0.05, 0) is 19.3 Å². The van der Waals surface area contributed by atoms with E-state index in [0.29, 0.717) is 0 Å². The van der Waals surface area contributed by atoms with Crippen LogP contribution in [0.2, 0.25) is 0 Å². The zero-order chi connectivity index (χ0) is 22.5. The number of ether oxygens (including phenoxy) is 2. The molecule has 7 nitrogen and oxygen atoms in total. The normalized spacial score (nSPS) is 13.1. The Morgan fingerprint density at radius 3 is 1.83 bits per heavy atom. The van der Waals surface area contributed by atoms with Crippen LogP contribution in [0.25, 0.3) is 0 Å². The van der Waals surface area contributed by atoms with E-state index in [1.54, 1.807) is 0 Å². The summed E-state index contributed by atoms with van der Waals surface area (Å²) < 4.78 is 9.41. The van der Waals surface area contributed by atoms with Crippen LogP contribution in [0.15, 0.2) is 0 Å². The number of hydrogen-bond donors (Lipinski definition) is 3. The molecule has 0 aliphatic heterocycles. The zero-order valence-electron chi connectivity index (χ0n) is 18.9. The summed E-state index contributed by atoms with van der Waals surface area (Å²) in [7, 11) is 0.